The van der Waals surface area contributed by atoms with E-state index in [1.165, 1.54) is 0 Å². The lowest BCUT2D eigenvalue weighted by molar-refractivity contribution is -0.134. The fraction of sp³-hybridized carbons (Fsp3) is 0.240. The summed E-state index contributed by atoms with van der Waals surface area (Å²) < 4.78 is 0. The van der Waals surface area contributed by atoms with Crippen molar-refractivity contribution in [1.82, 2.24) is 10.2 Å². The van der Waals surface area contributed by atoms with E-state index in [0.717, 1.165) is 21.4 Å². The van der Waals surface area contributed by atoms with Gasteiger partial charge >= 0.3 is 6.03 Å². The molecule has 1 heterocycles. The number of nitrogens with one attached hydrogen (secondary N) is 1. The summed E-state index contributed by atoms with van der Waals surface area (Å²) in [7, 11) is 0. The SMILES string of the molecule is CCN(C(=O)CN1C(=O)NC(CC)(c2ccc(Cl)cc2)C1=O)c1cccc2ccccc12. The van der Waals surface area contributed by atoms with E-state index in [9.17, 15) is 14.4 Å². The normalized spacial score (nSPS) is 18.2. The van der Waals surface area contributed by atoms with Crippen molar-refractivity contribution in [2.24, 2.45) is 0 Å². The van der Waals surface area contributed by atoms with Crippen molar-refractivity contribution in [1.29, 1.82) is 0 Å². The predicted molar refractivity (Wildman–Crippen MR) is 126 cm³/mol. The van der Waals surface area contributed by atoms with Crippen LogP contribution in [0.5, 0.6) is 0 Å². The molecule has 3 aromatic rings. The highest BCUT2D eigenvalue weighted by Gasteiger charge is 2.51. The Balaban J connectivity index is 1.63. The quantitative estimate of drug-likeness (QED) is 0.554. The second-order valence-electron chi connectivity index (χ2n) is 7.72. The summed E-state index contributed by atoms with van der Waals surface area (Å²) in [5.41, 5.74) is 0.180. The number of rotatable bonds is 6. The van der Waals surface area contributed by atoms with Gasteiger partial charge in [0.05, 0.1) is 5.69 Å². The molecule has 7 heteroatoms. The third kappa shape index (κ3) is 3.60. The first kappa shape index (κ1) is 21.8. The molecule has 0 spiro atoms. The molecular weight excluding hydrogens is 426 g/mol. The van der Waals surface area contributed by atoms with Gasteiger partial charge in [-0.1, -0.05) is 67.1 Å². The third-order valence-electron chi connectivity index (χ3n) is 6.01. The maximum atomic E-state index is 13.4. The summed E-state index contributed by atoms with van der Waals surface area (Å²) in [6.07, 6.45) is 0.352. The topological polar surface area (TPSA) is 69.7 Å². The molecule has 0 bridgehead atoms. The van der Waals surface area contributed by atoms with E-state index in [1.807, 2.05) is 56.3 Å². The molecule has 0 saturated carbocycles. The van der Waals surface area contributed by atoms with Crippen LogP contribution in [-0.4, -0.2) is 35.8 Å². The van der Waals surface area contributed by atoms with Gasteiger partial charge in [0.25, 0.3) is 5.91 Å². The number of carbonyl (C=O) groups is 3. The highest BCUT2D eigenvalue weighted by atomic mass is 35.5. The van der Waals surface area contributed by atoms with Gasteiger partial charge < -0.3 is 10.2 Å². The van der Waals surface area contributed by atoms with Crippen molar-refractivity contribution in [2.45, 2.75) is 25.8 Å². The lowest BCUT2D eigenvalue weighted by Gasteiger charge is -2.27. The summed E-state index contributed by atoms with van der Waals surface area (Å²) in [5, 5.41) is 5.30. The first-order valence-electron chi connectivity index (χ1n) is 10.6. The average Bonchev–Trinajstić information content (AvgIpc) is 3.05. The summed E-state index contributed by atoms with van der Waals surface area (Å²) in [4.78, 5) is 42.1. The van der Waals surface area contributed by atoms with Gasteiger partial charge in [-0.2, -0.15) is 0 Å². The Labute approximate surface area is 191 Å². The number of nitrogens with zero attached hydrogens (tertiary/aromatic N) is 2. The highest BCUT2D eigenvalue weighted by molar-refractivity contribution is 6.30. The monoisotopic (exact) mass is 449 g/mol. The molecular formula is C25H24ClN3O3. The number of halogens is 1. The maximum absolute atomic E-state index is 13.4. The minimum atomic E-state index is -1.21. The predicted octanol–water partition coefficient (Wildman–Crippen LogP) is 4.70. The zero-order valence-electron chi connectivity index (χ0n) is 18.0. The molecule has 1 unspecified atom stereocenters. The number of urea groups is 1. The molecule has 4 rings (SSSR count). The van der Waals surface area contributed by atoms with Crippen LogP contribution in [0.15, 0.2) is 66.7 Å². The number of likely N-dealkylation sites (N-methyl/N-ethyl adjacent to an activating group) is 1. The number of carbonyl (C=O) groups excluding carboxylic acids is 3. The van der Waals surface area contributed by atoms with Crippen LogP contribution in [0.2, 0.25) is 5.02 Å². The fourth-order valence-electron chi connectivity index (χ4n) is 4.29. The molecule has 32 heavy (non-hydrogen) atoms. The highest BCUT2D eigenvalue weighted by Crippen LogP contribution is 2.33. The van der Waals surface area contributed by atoms with Crippen molar-refractivity contribution < 1.29 is 14.4 Å². The molecule has 4 amide bonds. The Bertz CT molecular complexity index is 1190. The number of imide groups is 1. The van der Waals surface area contributed by atoms with E-state index in [0.29, 0.717) is 23.6 Å². The van der Waals surface area contributed by atoms with Gasteiger partial charge in [-0.3, -0.25) is 14.5 Å². The van der Waals surface area contributed by atoms with Crippen LogP contribution in [0.3, 0.4) is 0 Å². The van der Waals surface area contributed by atoms with Crippen molar-refractivity contribution in [3.8, 4) is 0 Å². The van der Waals surface area contributed by atoms with Crippen LogP contribution < -0.4 is 10.2 Å². The molecule has 1 aliphatic heterocycles. The van der Waals surface area contributed by atoms with Crippen LogP contribution in [0.4, 0.5) is 10.5 Å². The van der Waals surface area contributed by atoms with Crippen LogP contribution in [0.1, 0.15) is 25.8 Å². The zero-order chi connectivity index (χ0) is 22.9. The maximum Gasteiger partial charge on any atom is 0.325 e. The van der Waals surface area contributed by atoms with E-state index in [1.54, 1.807) is 29.2 Å². The van der Waals surface area contributed by atoms with Gasteiger partial charge in [-0.05, 0) is 42.5 Å². The molecule has 0 aromatic heterocycles. The number of amides is 4. The fourth-order valence-corrected chi connectivity index (χ4v) is 4.41. The summed E-state index contributed by atoms with van der Waals surface area (Å²) in [6, 6.07) is 19.8. The van der Waals surface area contributed by atoms with Gasteiger partial charge in [-0.15, -0.1) is 0 Å². The minimum absolute atomic E-state index is 0.324. The van der Waals surface area contributed by atoms with Gasteiger partial charge in [0.2, 0.25) is 5.91 Å². The molecule has 0 radical (unpaired) electrons. The first-order chi connectivity index (χ1) is 15.4. The largest absolute Gasteiger partial charge is 0.325 e. The third-order valence-corrected chi connectivity index (χ3v) is 6.26. The van der Waals surface area contributed by atoms with Crippen LogP contribution in [-0.2, 0) is 15.1 Å². The van der Waals surface area contributed by atoms with Gasteiger partial charge in [0.1, 0.15) is 12.1 Å². The molecule has 1 saturated heterocycles. The second-order valence-corrected chi connectivity index (χ2v) is 8.16. The Morgan fingerprint density at radius 3 is 2.38 bits per heavy atom. The summed E-state index contributed by atoms with van der Waals surface area (Å²) in [6.45, 7) is 3.77. The van der Waals surface area contributed by atoms with Crippen molar-refractivity contribution >= 4 is 45.9 Å². The number of benzene rings is 3. The number of hydrogen-bond acceptors (Lipinski definition) is 3. The molecule has 1 fully saturated rings. The standard InChI is InChI=1S/C25H24ClN3O3/c1-3-25(18-12-14-19(26)15-13-18)23(31)29(24(32)27-25)16-22(30)28(4-2)21-11-7-9-17-8-5-6-10-20(17)21/h5-15H,3-4,16H2,1-2H3,(H,27,32). The number of hydrogen-bond donors (Lipinski definition) is 1. The first-order valence-corrected chi connectivity index (χ1v) is 11.0. The average molecular weight is 450 g/mol. The van der Waals surface area contributed by atoms with Crippen LogP contribution >= 0.6 is 11.6 Å². The molecule has 1 atom stereocenters. The molecule has 1 N–H and O–H groups in total. The van der Waals surface area contributed by atoms with E-state index in [2.05, 4.69) is 5.32 Å². The van der Waals surface area contributed by atoms with Crippen LogP contribution in [0, 0.1) is 0 Å². The van der Waals surface area contributed by atoms with Crippen molar-refractivity contribution in [3.63, 3.8) is 0 Å². The molecule has 164 valence electrons. The lowest BCUT2D eigenvalue weighted by Crippen LogP contribution is -2.45. The van der Waals surface area contributed by atoms with E-state index >= 15 is 0 Å². The summed E-state index contributed by atoms with van der Waals surface area (Å²) in [5.74, 6) is -0.759. The number of anilines is 1. The van der Waals surface area contributed by atoms with E-state index < -0.39 is 17.5 Å². The van der Waals surface area contributed by atoms with E-state index in [-0.39, 0.29) is 12.5 Å². The Kier molecular flexibility index (Phi) is 5.89. The Morgan fingerprint density at radius 1 is 1.00 bits per heavy atom. The minimum Gasteiger partial charge on any atom is -0.319 e. The molecule has 3 aromatic carbocycles. The second kappa shape index (κ2) is 8.63. The van der Waals surface area contributed by atoms with Gasteiger partial charge in [0.15, 0.2) is 0 Å². The molecule has 0 aliphatic carbocycles. The van der Waals surface area contributed by atoms with Crippen molar-refractivity contribution in [2.75, 3.05) is 18.0 Å². The van der Waals surface area contributed by atoms with Gasteiger partial charge in [0, 0.05) is 17.0 Å². The number of fused-ring (bicyclic) bond motifs is 1. The van der Waals surface area contributed by atoms with Gasteiger partial charge in [-0.25, -0.2) is 4.79 Å². The zero-order valence-corrected chi connectivity index (χ0v) is 18.7. The van der Waals surface area contributed by atoms with Crippen LogP contribution in [0.25, 0.3) is 10.8 Å². The summed E-state index contributed by atoms with van der Waals surface area (Å²) >= 11 is 5.99. The smallest absolute Gasteiger partial charge is 0.319 e. The molecule has 6 nitrogen and oxygen atoms in total. The van der Waals surface area contributed by atoms with Crippen molar-refractivity contribution in [3.05, 3.63) is 77.3 Å². The Morgan fingerprint density at radius 2 is 1.69 bits per heavy atom. The Hall–Kier alpha value is -3.38. The lowest BCUT2D eigenvalue weighted by atomic mass is 9.87. The van der Waals surface area contributed by atoms with E-state index in [4.69, 9.17) is 11.6 Å². The molecule has 1 aliphatic rings.